The lowest BCUT2D eigenvalue weighted by Gasteiger charge is -2.32. The van der Waals surface area contributed by atoms with Crippen LogP contribution in [-0.4, -0.2) is 24.0 Å². The van der Waals surface area contributed by atoms with Crippen LogP contribution in [0.4, 0.5) is 0 Å². The van der Waals surface area contributed by atoms with Crippen molar-refractivity contribution in [2.75, 3.05) is 13.1 Å². The third-order valence-corrected chi connectivity index (χ3v) is 4.12. The molecule has 0 aromatic heterocycles. The standard InChI is InChI=1S/C19H34N2/c1-6-19(7-2)21(14-16(4)5)15-18-12-10-9-11-17(18)13-20-8-3/h9-12,16,19-20H,6-8,13-15H2,1-5H3. The summed E-state index contributed by atoms with van der Waals surface area (Å²) in [6.45, 7) is 15.7. The quantitative estimate of drug-likeness (QED) is 0.685. The molecule has 0 aliphatic heterocycles. The van der Waals surface area contributed by atoms with Gasteiger partial charge in [0.05, 0.1) is 0 Å². The first-order valence-electron chi connectivity index (χ1n) is 8.63. The molecule has 0 bridgehead atoms. The van der Waals surface area contributed by atoms with Crippen LogP contribution in [0.3, 0.4) is 0 Å². The third-order valence-electron chi connectivity index (χ3n) is 4.12. The SMILES string of the molecule is CCNCc1ccccc1CN(CC(C)C)C(CC)CC. The first kappa shape index (κ1) is 18.2. The number of rotatable bonds is 10. The van der Waals surface area contributed by atoms with Crippen LogP contribution < -0.4 is 5.32 Å². The maximum absolute atomic E-state index is 3.46. The summed E-state index contributed by atoms with van der Waals surface area (Å²) in [4.78, 5) is 2.68. The molecule has 0 heterocycles. The van der Waals surface area contributed by atoms with E-state index in [1.54, 1.807) is 0 Å². The first-order chi connectivity index (χ1) is 10.1. The minimum atomic E-state index is 0.694. The number of hydrogen-bond donors (Lipinski definition) is 1. The van der Waals surface area contributed by atoms with Crippen molar-refractivity contribution in [2.45, 2.75) is 66.6 Å². The Hall–Kier alpha value is -0.860. The molecule has 0 spiro atoms. The number of benzene rings is 1. The molecule has 1 rings (SSSR count). The summed E-state index contributed by atoms with van der Waals surface area (Å²) < 4.78 is 0. The Labute approximate surface area is 131 Å². The molecule has 0 fully saturated rings. The van der Waals surface area contributed by atoms with Gasteiger partial charge in [0, 0.05) is 25.7 Å². The van der Waals surface area contributed by atoms with E-state index >= 15 is 0 Å². The number of nitrogens with zero attached hydrogens (tertiary/aromatic N) is 1. The molecule has 0 amide bonds. The Morgan fingerprint density at radius 1 is 1.00 bits per heavy atom. The van der Waals surface area contributed by atoms with E-state index < -0.39 is 0 Å². The molecule has 1 aromatic rings. The summed E-state index contributed by atoms with van der Waals surface area (Å²) in [5, 5.41) is 3.46. The third kappa shape index (κ3) is 6.19. The predicted molar refractivity (Wildman–Crippen MR) is 93.4 cm³/mol. The lowest BCUT2D eigenvalue weighted by atomic mass is 10.0. The molecule has 2 nitrogen and oxygen atoms in total. The smallest absolute Gasteiger partial charge is 0.0240 e. The van der Waals surface area contributed by atoms with Crippen LogP contribution in [0.15, 0.2) is 24.3 Å². The van der Waals surface area contributed by atoms with E-state index in [9.17, 15) is 0 Å². The van der Waals surface area contributed by atoms with Crippen LogP contribution in [0, 0.1) is 5.92 Å². The van der Waals surface area contributed by atoms with Gasteiger partial charge >= 0.3 is 0 Å². The average molecular weight is 290 g/mol. The van der Waals surface area contributed by atoms with Crippen molar-refractivity contribution in [3.8, 4) is 0 Å². The van der Waals surface area contributed by atoms with Crippen LogP contribution in [0.5, 0.6) is 0 Å². The molecule has 21 heavy (non-hydrogen) atoms. The summed E-state index contributed by atoms with van der Waals surface area (Å²) >= 11 is 0. The van der Waals surface area contributed by atoms with E-state index in [-0.39, 0.29) is 0 Å². The van der Waals surface area contributed by atoms with Crippen LogP contribution in [0.25, 0.3) is 0 Å². The van der Waals surface area contributed by atoms with E-state index in [4.69, 9.17) is 0 Å². The second-order valence-electron chi connectivity index (χ2n) is 6.34. The lowest BCUT2D eigenvalue weighted by molar-refractivity contribution is 0.157. The fourth-order valence-electron chi connectivity index (χ4n) is 2.98. The van der Waals surface area contributed by atoms with E-state index in [0.29, 0.717) is 12.0 Å². The van der Waals surface area contributed by atoms with Gasteiger partial charge in [-0.2, -0.15) is 0 Å². The molecular formula is C19H34N2. The van der Waals surface area contributed by atoms with Gasteiger partial charge in [0.15, 0.2) is 0 Å². The van der Waals surface area contributed by atoms with Gasteiger partial charge in [-0.3, -0.25) is 4.90 Å². The Balaban J connectivity index is 2.86. The summed E-state index contributed by atoms with van der Waals surface area (Å²) in [6, 6.07) is 9.58. The van der Waals surface area contributed by atoms with Gasteiger partial charge in [-0.25, -0.2) is 0 Å². The zero-order chi connectivity index (χ0) is 15.7. The second kappa shape index (κ2) is 9.97. The molecule has 1 aromatic carbocycles. The van der Waals surface area contributed by atoms with Crippen molar-refractivity contribution in [3.63, 3.8) is 0 Å². The second-order valence-corrected chi connectivity index (χ2v) is 6.34. The Morgan fingerprint density at radius 3 is 2.14 bits per heavy atom. The summed E-state index contributed by atoms with van der Waals surface area (Å²) in [6.07, 6.45) is 2.47. The van der Waals surface area contributed by atoms with Gasteiger partial charge in [-0.05, 0) is 36.4 Å². The molecule has 120 valence electrons. The van der Waals surface area contributed by atoms with E-state index in [1.165, 1.54) is 30.5 Å². The monoisotopic (exact) mass is 290 g/mol. The van der Waals surface area contributed by atoms with E-state index in [0.717, 1.165) is 19.6 Å². The predicted octanol–water partition coefficient (Wildman–Crippen LogP) is 4.44. The van der Waals surface area contributed by atoms with Crippen LogP contribution in [0.1, 0.15) is 58.6 Å². The zero-order valence-electron chi connectivity index (χ0n) is 14.7. The Bertz CT molecular complexity index is 383. The van der Waals surface area contributed by atoms with Gasteiger partial charge in [0.2, 0.25) is 0 Å². The van der Waals surface area contributed by atoms with E-state index in [1.807, 2.05) is 0 Å². The molecule has 0 aliphatic rings. The maximum atomic E-state index is 3.46. The van der Waals surface area contributed by atoms with Crippen molar-refractivity contribution in [3.05, 3.63) is 35.4 Å². The van der Waals surface area contributed by atoms with Gasteiger partial charge in [0.1, 0.15) is 0 Å². The molecule has 0 radical (unpaired) electrons. The summed E-state index contributed by atoms with van der Waals surface area (Å²) in [5.41, 5.74) is 2.92. The average Bonchev–Trinajstić information content (AvgIpc) is 2.47. The van der Waals surface area contributed by atoms with Crippen LogP contribution in [-0.2, 0) is 13.1 Å². The molecule has 2 heteroatoms. The van der Waals surface area contributed by atoms with Gasteiger partial charge in [0.25, 0.3) is 0 Å². The van der Waals surface area contributed by atoms with Gasteiger partial charge < -0.3 is 5.32 Å². The highest BCUT2D eigenvalue weighted by Crippen LogP contribution is 2.18. The largest absolute Gasteiger partial charge is 0.313 e. The van der Waals surface area contributed by atoms with Gasteiger partial charge in [-0.15, -0.1) is 0 Å². The number of hydrogen-bond acceptors (Lipinski definition) is 2. The van der Waals surface area contributed by atoms with Crippen molar-refractivity contribution >= 4 is 0 Å². The fourth-order valence-corrected chi connectivity index (χ4v) is 2.98. The van der Waals surface area contributed by atoms with Crippen LogP contribution in [0.2, 0.25) is 0 Å². The molecule has 0 aliphatic carbocycles. The summed E-state index contributed by atoms with van der Waals surface area (Å²) in [7, 11) is 0. The van der Waals surface area contributed by atoms with Gasteiger partial charge in [-0.1, -0.05) is 58.9 Å². The molecular weight excluding hydrogens is 256 g/mol. The molecule has 0 unspecified atom stereocenters. The van der Waals surface area contributed by atoms with Crippen molar-refractivity contribution in [1.29, 1.82) is 0 Å². The minimum absolute atomic E-state index is 0.694. The normalized spacial score (nSPS) is 11.8. The highest BCUT2D eigenvalue weighted by atomic mass is 15.2. The lowest BCUT2D eigenvalue weighted by Crippen LogP contribution is -2.37. The van der Waals surface area contributed by atoms with Crippen LogP contribution >= 0.6 is 0 Å². The molecule has 0 saturated heterocycles. The highest BCUT2D eigenvalue weighted by molar-refractivity contribution is 5.27. The molecule has 0 atom stereocenters. The summed E-state index contributed by atoms with van der Waals surface area (Å²) in [5.74, 6) is 0.714. The maximum Gasteiger partial charge on any atom is 0.0240 e. The Morgan fingerprint density at radius 2 is 1.62 bits per heavy atom. The number of nitrogens with one attached hydrogen (secondary N) is 1. The Kier molecular flexibility index (Phi) is 8.63. The molecule has 1 N–H and O–H groups in total. The molecule has 0 saturated carbocycles. The zero-order valence-corrected chi connectivity index (χ0v) is 14.7. The van der Waals surface area contributed by atoms with Crippen molar-refractivity contribution < 1.29 is 0 Å². The van der Waals surface area contributed by atoms with Crippen molar-refractivity contribution in [2.24, 2.45) is 5.92 Å². The topological polar surface area (TPSA) is 15.3 Å². The van der Waals surface area contributed by atoms with E-state index in [2.05, 4.69) is 69.1 Å². The first-order valence-corrected chi connectivity index (χ1v) is 8.63. The minimum Gasteiger partial charge on any atom is -0.313 e. The highest BCUT2D eigenvalue weighted by Gasteiger charge is 2.17. The fraction of sp³-hybridized carbons (Fsp3) is 0.684. The van der Waals surface area contributed by atoms with Crippen molar-refractivity contribution in [1.82, 2.24) is 10.2 Å².